The number of aromatic nitrogens is 1. The number of rotatable bonds is 6. The Morgan fingerprint density at radius 1 is 1.17 bits per heavy atom. The molecule has 2 aliphatic rings. The zero-order chi connectivity index (χ0) is 20.1. The minimum Gasteiger partial charge on any atom is -0.497 e. The van der Waals surface area contributed by atoms with Crippen LogP contribution in [0.3, 0.4) is 0 Å². The van der Waals surface area contributed by atoms with Crippen molar-refractivity contribution in [3.8, 4) is 5.75 Å². The van der Waals surface area contributed by atoms with Gasteiger partial charge in [-0.25, -0.2) is 10.9 Å². The van der Waals surface area contributed by atoms with Gasteiger partial charge in [0, 0.05) is 45.0 Å². The van der Waals surface area contributed by atoms with E-state index < -0.39 is 0 Å². The van der Waals surface area contributed by atoms with E-state index in [4.69, 9.17) is 4.74 Å². The molecule has 29 heavy (non-hydrogen) atoms. The Hall–Kier alpha value is -2.48. The first-order valence-corrected chi connectivity index (χ1v) is 10.3. The molecule has 2 N–H and O–H groups in total. The Kier molecular flexibility index (Phi) is 6.39. The molecule has 2 aromatic rings. The molecular weight excluding hydrogens is 366 g/mol. The maximum atomic E-state index is 12.6. The molecule has 2 fully saturated rings. The molecule has 0 radical (unpaired) electrons. The molecule has 0 bridgehead atoms. The van der Waals surface area contributed by atoms with Gasteiger partial charge in [0.2, 0.25) is 5.91 Å². The van der Waals surface area contributed by atoms with E-state index in [1.54, 1.807) is 13.3 Å². The van der Waals surface area contributed by atoms with Gasteiger partial charge in [0.1, 0.15) is 5.75 Å². The summed E-state index contributed by atoms with van der Waals surface area (Å²) in [5.74, 6) is 1.07. The summed E-state index contributed by atoms with van der Waals surface area (Å²) in [6, 6.07) is 12.3. The number of pyridine rings is 1. The number of benzene rings is 1. The first-order valence-electron chi connectivity index (χ1n) is 10.3. The summed E-state index contributed by atoms with van der Waals surface area (Å²) in [6.45, 7) is 3.35. The minimum atomic E-state index is 0.234. The maximum Gasteiger partial charge on any atom is 0.222 e. The van der Waals surface area contributed by atoms with E-state index in [2.05, 4.69) is 26.8 Å². The molecule has 0 spiro atoms. The molecule has 7 nitrogen and oxygen atoms in total. The van der Waals surface area contributed by atoms with Gasteiger partial charge >= 0.3 is 0 Å². The molecule has 2 atom stereocenters. The lowest BCUT2D eigenvalue weighted by Gasteiger charge is -2.37. The number of ether oxygens (including phenoxy) is 1. The van der Waals surface area contributed by atoms with E-state index in [1.165, 1.54) is 5.56 Å². The molecule has 1 aromatic carbocycles. The first-order chi connectivity index (χ1) is 14.2. The van der Waals surface area contributed by atoms with Gasteiger partial charge in [-0.3, -0.25) is 14.7 Å². The predicted octanol–water partition coefficient (Wildman–Crippen LogP) is 1.73. The molecule has 7 heteroatoms. The van der Waals surface area contributed by atoms with Crippen LogP contribution in [0.1, 0.15) is 30.0 Å². The van der Waals surface area contributed by atoms with Crippen molar-refractivity contribution in [3.63, 3.8) is 0 Å². The second-order valence-corrected chi connectivity index (χ2v) is 7.65. The maximum absolute atomic E-state index is 12.6. The fraction of sp³-hybridized carbons (Fsp3) is 0.455. The topological polar surface area (TPSA) is 69.7 Å². The number of piperazine rings is 1. The molecule has 0 aliphatic carbocycles. The lowest BCUT2D eigenvalue weighted by atomic mass is 10.1. The highest BCUT2D eigenvalue weighted by Crippen LogP contribution is 2.24. The van der Waals surface area contributed by atoms with Crippen LogP contribution in [0.4, 0.5) is 0 Å². The summed E-state index contributed by atoms with van der Waals surface area (Å²) in [6.07, 6.45) is 6.29. The number of hydrogen-bond donors (Lipinski definition) is 2. The normalized spacial score (nSPS) is 22.6. The average Bonchev–Trinajstić information content (AvgIpc) is 3.29. The van der Waals surface area contributed by atoms with Crippen molar-refractivity contribution in [3.05, 3.63) is 59.9 Å². The van der Waals surface area contributed by atoms with Crippen LogP contribution in [0.25, 0.3) is 0 Å². The third-order valence-corrected chi connectivity index (χ3v) is 5.84. The molecule has 154 valence electrons. The largest absolute Gasteiger partial charge is 0.497 e. The minimum absolute atomic E-state index is 0.234. The quantitative estimate of drug-likeness (QED) is 0.776. The molecule has 1 amide bonds. The van der Waals surface area contributed by atoms with Gasteiger partial charge in [-0.2, -0.15) is 0 Å². The van der Waals surface area contributed by atoms with Crippen molar-refractivity contribution < 1.29 is 9.53 Å². The highest BCUT2D eigenvalue weighted by molar-refractivity contribution is 5.76. The number of hydrazine groups is 1. The lowest BCUT2D eigenvalue weighted by molar-refractivity contribution is -0.133. The number of hydrogen-bond acceptors (Lipinski definition) is 6. The Balaban J connectivity index is 1.22. The van der Waals surface area contributed by atoms with Crippen molar-refractivity contribution >= 4 is 5.91 Å². The summed E-state index contributed by atoms with van der Waals surface area (Å²) < 4.78 is 5.26. The summed E-state index contributed by atoms with van der Waals surface area (Å²) in [4.78, 5) is 21.3. The summed E-state index contributed by atoms with van der Waals surface area (Å²) in [5, 5.41) is 0. The van der Waals surface area contributed by atoms with Crippen molar-refractivity contribution in [2.75, 3.05) is 33.3 Å². The lowest BCUT2D eigenvalue weighted by Crippen LogP contribution is -2.55. The van der Waals surface area contributed by atoms with Gasteiger partial charge in [-0.1, -0.05) is 18.2 Å². The van der Waals surface area contributed by atoms with Gasteiger partial charge in [0.05, 0.1) is 19.3 Å². The number of aryl methyl sites for hydroxylation is 1. The van der Waals surface area contributed by atoms with E-state index in [1.807, 2.05) is 41.4 Å². The molecule has 0 saturated carbocycles. The Morgan fingerprint density at radius 3 is 2.79 bits per heavy atom. The third kappa shape index (κ3) is 4.93. The van der Waals surface area contributed by atoms with Crippen LogP contribution < -0.4 is 15.6 Å². The number of methoxy groups -OCH3 is 1. The SMILES string of the molecule is COc1cccc(CCC(=O)N2CCN(C3CC(c4cccnc4)NN3)CC2)c1. The number of nitrogens with zero attached hydrogens (tertiary/aromatic N) is 3. The second-order valence-electron chi connectivity index (χ2n) is 7.65. The predicted molar refractivity (Wildman–Crippen MR) is 111 cm³/mol. The zero-order valence-electron chi connectivity index (χ0n) is 16.9. The highest BCUT2D eigenvalue weighted by atomic mass is 16.5. The van der Waals surface area contributed by atoms with Gasteiger partial charge in [0.15, 0.2) is 0 Å². The molecule has 2 aliphatic heterocycles. The monoisotopic (exact) mass is 395 g/mol. The average molecular weight is 396 g/mol. The van der Waals surface area contributed by atoms with Gasteiger partial charge < -0.3 is 9.64 Å². The van der Waals surface area contributed by atoms with Crippen molar-refractivity contribution in [2.45, 2.75) is 31.5 Å². The Morgan fingerprint density at radius 2 is 2.03 bits per heavy atom. The van der Waals surface area contributed by atoms with Gasteiger partial charge in [-0.05, 0) is 42.2 Å². The Bertz CT molecular complexity index is 808. The van der Waals surface area contributed by atoms with Crippen LogP contribution in [-0.4, -0.2) is 60.1 Å². The summed E-state index contributed by atoms with van der Waals surface area (Å²) in [7, 11) is 1.66. The van der Waals surface area contributed by atoms with Crippen LogP contribution in [0, 0.1) is 0 Å². The van der Waals surface area contributed by atoms with Crippen molar-refractivity contribution in [2.24, 2.45) is 0 Å². The molecule has 3 heterocycles. The fourth-order valence-electron chi connectivity index (χ4n) is 4.10. The van der Waals surface area contributed by atoms with E-state index in [9.17, 15) is 4.79 Å². The fourth-order valence-corrected chi connectivity index (χ4v) is 4.10. The number of nitrogens with one attached hydrogen (secondary N) is 2. The standard InChI is InChI=1S/C22H29N5O2/c1-29-19-6-2-4-17(14-19)7-8-22(28)27-12-10-26(11-13-27)21-15-20(24-25-21)18-5-3-9-23-16-18/h2-6,9,14,16,20-21,24-25H,7-8,10-13,15H2,1H3. The molecule has 4 rings (SSSR count). The van der Waals surface area contributed by atoms with Crippen LogP contribution in [-0.2, 0) is 11.2 Å². The van der Waals surface area contributed by atoms with Crippen LogP contribution in [0.5, 0.6) is 5.75 Å². The molecular formula is C22H29N5O2. The summed E-state index contributed by atoms with van der Waals surface area (Å²) >= 11 is 0. The van der Waals surface area contributed by atoms with Gasteiger partial charge in [0.25, 0.3) is 0 Å². The highest BCUT2D eigenvalue weighted by Gasteiger charge is 2.32. The van der Waals surface area contributed by atoms with Gasteiger partial charge in [-0.15, -0.1) is 0 Å². The van der Waals surface area contributed by atoms with E-state index in [-0.39, 0.29) is 18.1 Å². The number of amides is 1. The van der Waals surface area contributed by atoms with E-state index in [0.29, 0.717) is 6.42 Å². The van der Waals surface area contributed by atoms with E-state index >= 15 is 0 Å². The van der Waals surface area contributed by atoms with Crippen molar-refractivity contribution in [1.82, 2.24) is 25.6 Å². The summed E-state index contributed by atoms with van der Waals surface area (Å²) in [5.41, 5.74) is 9.13. The van der Waals surface area contributed by atoms with Crippen LogP contribution in [0.2, 0.25) is 0 Å². The Labute approximate surface area is 172 Å². The van der Waals surface area contributed by atoms with Crippen molar-refractivity contribution in [1.29, 1.82) is 0 Å². The van der Waals surface area contributed by atoms with Crippen LogP contribution in [0.15, 0.2) is 48.8 Å². The second kappa shape index (κ2) is 9.35. The number of carbonyl (C=O) groups is 1. The molecule has 2 saturated heterocycles. The third-order valence-electron chi connectivity index (χ3n) is 5.84. The number of carbonyl (C=O) groups excluding carboxylic acids is 1. The van der Waals surface area contributed by atoms with E-state index in [0.717, 1.165) is 50.3 Å². The first kappa shape index (κ1) is 19.8. The van der Waals surface area contributed by atoms with Crippen LogP contribution >= 0.6 is 0 Å². The molecule has 2 unspecified atom stereocenters. The zero-order valence-corrected chi connectivity index (χ0v) is 16.9. The smallest absolute Gasteiger partial charge is 0.222 e. The molecule has 1 aromatic heterocycles.